The van der Waals surface area contributed by atoms with Crippen molar-refractivity contribution >= 4 is 43.5 Å². The summed E-state index contributed by atoms with van der Waals surface area (Å²) in [5.41, 5.74) is 1.87. The molecule has 230 valence electrons. The van der Waals surface area contributed by atoms with Crippen molar-refractivity contribution < 1.29 is 22.4 Å². The summed E-state index contributed by atoms with van der Waals surface area (Å²) in [5, 5.41) is 3.02. The number of halogens is 2. The summed E-state index contributed by atoms with van der Waals surface area (Å²) >= 11 is 3.48. The van der Waals surface area contributed by atoms with Crippen molar-refractivity contribution in [2.24, 2.45) is 0 Å². The van der Waals surface area contributed by atoms with Gasteiger partial charge in [0, 0.05) is 23.5 Å². The maximum Gasteiger partial charge on any atom is 0.264 e. The lowest BCUT2D eigenvalue weighted by Gasteiger charge is -2.34. The fourth-order valence-electron chi connectivity index (χ4n) is 4.68. The first-order chi connectivity index (χ1) is 21.1. The molecule has 2 amide bonds. The summed E-state index contributed by atoms with van der Waals surface area (Å²) < 4.78 is 43.4. The zero-order chi connectivity index (χ0) is 31.7. The van der Waals surface area contributed by atoms with Crippen molar-refractivity contribution in [3.05, 3.63) is 131 Å². The normalized spacial score (nSPS) is 12.6. The van der Waals surface area contributed by atoms with Crippen LogP contribution in [-0.2, 0) is 32.6 Å². The van der Waals surface area contributed by atoms with Gasteiger partial charge in [0.25, 0.3) is 10.0 Å². The lowest BCUT2D eigenvalue weighted by atomic mass is 10.0. The Morgan fingerprint density at radius 1 is 0.864 bits per heavy atom. The van der Waals surface area contributed by atoms with Gasteiger partial charge in [-0.3, -0.25) is 13.9 Å². The number of para-hydroxylation sites is 1. The monoisotopic (exact) mass is 679 g/mol. The first-order valence-corrected chi connectivity index (χ1v) is 16.5. The number of nitrogens with one attached hydrogen (secondary N) is 1. The molecule has 0 radical (unpaired) electrons. The SMILES string of the molecule is CC[C@H](C)NC(=O)[C@H](Cc1ccccc1)N(Cc1cccc(Br)c1)C(=O)CN(c1ccccc1)S(=O)(=O)c1ccc(F)cc1. The van der Waals surface area contributed by atoms with Gasteiger partial charge in [0.05, 0.1) is 10.6 Å². The van der Waals surface area contributed by atoms with Crippen LogP contribution >= 0.6 is 15.9 Å². The van der Waals surface area contributed by atoms with Crippen molar-refractivity contribution in [1.82, 2.24) is 10.2 Å². The van der Waals surface area contributed by atoms with Crippen molar-refractivity contribution in [2.45, 2.75) is 50.2 Å². The van der Waals surface area contributed by atoms with E-state index in [4.69, 9.17) is 0 Å². The molecule has 4 aromatic rings. The van der Waals surface area contributed by atoms with Crippen LogP contribution in [0.2, 0.25) is 0 Å². The zero-order valence-electron chi connectivity index (χ0n) is 24.6. The maximum absolute atomic E-state index is 14.4. The van der Waals surface area contributed by atoms with E-state index in [1.807, 2.05) is 68.4 Å². The largest absolute Gasteiger partial charge is 0.352 e. The molecule has 2 atom stereocenters. The molecule has 0 saturated heterocycles. The second kappa shape index (κ2) is 15.1. The van der Waals surface area contributed by atoms with Gasteiger partial charge >= 0.3 is 0 Å². The first kappa shape index (κ1) is 32.9. The number of nitrogens with zero attached hydrogens (tertiary/aromatic N) is 2. The van der Waals surface area contributed by atoms with Gasteiger partial charge in [-0.25, -0.2) is 12.8 Å². The Labute approximate surface area is 266 Å². The van der Waals surface area contributed by atoms with Gasteiger partial charge in [0.2, 0.25) is 11.8 Å². The molecular weight excluding hydrogens is 645 g/mol. The molecule has 4 rings (SSSR count). The number of carbonyl (C=O) groups excluding carboxylic acids is 2. The van der Waals surface area contributed by atoms with Crippen molar-refractivity contribution in [3.8, 4) is 0 Å². The molecule has 1 N–H and O–H groups in total. The smallest absolute Gasteiger partial charge is 0.264 e. The molecular formula is C34H35BrFN3O4S. The van der Waals surface area contributed by atoms with E-state index in [9.17, 15) is 22.4 Å². The van der Waals surface area contributed by atoms with Crippen LogP contribution in [0.1, 0.15) is 31.4 Å². The number of hydrogen-bond acceptors (Lipinski definition) is 4. The summed E-state index contributed by atoms with van der Waals surface area (Å²) in [6.07, 6.45) is 0.917. The molecule has 0 aliphatic carbocycles. The Morgan fingerprint density at radius 2 is 1.48 bits per heavy atom. The number of hydrogen-bond donors (Lipinski definition) is 1. The number of carbonyl (C=O) groups is 2. The fourth-order valence-corrected chi connectivity index (χ4v) is 6.54. The second-order valence-electron chi connectivity index (χ2n) is 10.5. The van der Waals surface area contributed by atoms with Crippen LogP contribution in [0.15, 0.2) is 119 Å². The molecule has 44 heavy (non-hydrogen) atoms. The van der Waals surface area contributed by atoms with Crippen LogP contribution in [0.4, 0.5) is 10.1 Å². The maximum atomic E-state index is 14.4. The lowest BCUT2D eigenvalue weighted by Crippen LogP contribution is -2.54. The third kappa shape index (κ3) is 8.54. The molecule has 0 spiro atoms. The van der Waals surface area contributed by atoms with Crippen LogP contribution in [0.5, 0.6) is 0 Å². The molecule has 0 fully saturated rings. The highest BCUT2D eigenvalue weighted by molar-refractivity contribution is 9.10. The van der Waals surface area contributed by atoms with Crippen LogP contribution in [0, 0.1) is 5.82 Å². The Bertz CT molecular complexity index is 1660. The minimum absolute atomic E-state index is 0.0585. The van der Waals surface area contributed by atoms with Gasteiger partial charge in [-0.15, -0.1) is 0 Å². The highest BCUT2D eigenvalue weighted by Crippen LogP contribution is 2.25. The molecule has 0 aliphatic heterocycles. The van der Waals surface area contributed by atoms with E-state index in [0.717, 1.165) is 32.0 Å². The standard InChI is InChI=1S/C34H35BrFN3O4S/c1-3-25(2)37-34(41)32(22-26-11-6-4-7-12-26)38(23-27-13-10-14-28(35)21-27)33(40)24-39(30-15-8-5-9-16-30)44(42,43)31-19-17-29(36)18-20-31/h4-21,25,32H,3,22-24H2,1-2H3,(H,37,41)/t25-,32-/m0/s1. The summed E-state index contributed by atoms with van der Waals surface area (Å²) in [6.45, 7) is 3.33. The van der Waals surface area contributed by atoms with E-state index in [2.05, 4.69) is 21.2 Å². The summed E-state index contributed by atoms with van der Waals surface area (Å²) in [7, 11) is -4.30. The summed E-state index contributed by atoms with van der Waals surface area (Å²) in [4.78, 5) is 29.5. The Balaban J connectivity index is 1.79. The molecule has 4 aromatic carbocycles. The molecule has 0 unspecified atom stereocenters. The van der Waals surface area contributed by atoms with Gasteiger partial charge in [-0.1, -0.05) is 83.5 Å². The first-order valence-electron chi connectivity index (χ1n) is 14.3. The number of rotatable bonds is 13. The minimum atomic E-state index is -4.30. The summed E-state index contributed by atoms with van der Waals surface area (Å²) in [5.74, 6) is -1.48. The predicted molar refractivity (Wildman–Crippen MR) is 174 cm³/mol. The van der Waals surface area contributed by atoms with Gasteiger partial charge < -0.3 is 10.2 Å². The van der Waals surface area contributed by atoms with E-state index in [1.165, 1.54) is 17.0 Å². The van der Waals surface area contributed by atoms with Crippen LogP contribution in [0.3, 0.4) is 0 Å². The fraction of sp³-hybridized carbons (Fsp3) is 0.235. The van der Waals surface area contributed by atoms with Crippen molar-refractivity contribution in [1.29, 1.82) is 0 Å². The predicted octanol–water partition coefficient (Wildman–Crippen LogP) is 6.34. The van der Waals surface area contributed by atoms with E-state index >= 15 is 0 Å². The minimum Gasteiger partial charge on any atom is -0.352 e. The molecule has 0 bridgehead atoms. The highest BCUT2D eigenvalue weighted by atomic mass is 79.9. The van der Waals surface area contributed by atoms with Crippen molar-refractivity contribution in [3.63, 3.8) is 0 Å². The Kier molecular flexibility index (Phi) is 11.3. The number of anilines is 1. The number of benzene rings is 4. The third-order valence-electron chi connectivity index (χ3n) is 7.24. The van der Waals surface area contributed by atoms with E-state index in [-0.39, 0.29) is 35.5 Å². The lowest BCUT2D eigenvalue weighted by molar-refractivity contribution is -0.140. The molecule has 0 saturated carbocycles. The van der Waals surface area contributed by atoms with Gasteiger partial charge in [-0.2, -0.15) is 0 Å². The average molecular weight is 681 g/mol. The number of amides is 2. The van der Waals surface area contributed by atoms with Gasteiger partial charge in [-0.05, 0) is 73.0 Å². The van der Waals surface area contributed by atoms with E-state index < -0.39 is 34.3 Å². The molecule has 0 aromatic heterocycles. The zero-order valence-corrected chi connectivity index (χ0v) is 27.0. The van der Waals surface area contributed by atoms with Crippen molar-refractivity contribution in [2.75, 3.05) is 10.8 Å². The second-order valence-corrected chi connectivity index (χ2v) is 13.3. The topological polar surface area (TPSA) is 86.8 Å². The third-order valence-corrected chi connectivity index (χ3v) is 9.52. The van der Waals surface area contributed by atoms with Crippen LogP contribution < -0.4 is 9.62 Å². The molecule has 0 heterocycles. The quantitative estimate of drug-likeness (QED) is 0.179. The molecule has 0 aliphatic rings. The Hall–Kier alpha value is -4.02. The summed E-state index contributed by atoms with van der Waals surface area (Å²) in [6, 6.07) is 28.4. The Morgan fingerprint density at radius 3 is 2.09 bits per heavy atom. The number of sulfonamides is 1. The van der Waals surface area contributed by atoms with E-state index in [0.29, 0.717) is 6.42 Å². The van der Waals surface area contributed by atoms with Crippen LogP contribution in [-0.4, -0.2) is 43.8 Å². The highest BCUT2D eigenvalue weighted by Gasteiger charge is 2.35. The van der Waals surface area contributed by atoms with Gasteiger partial charge in [0.1, 0.15) is 18.4 Å². The molecule has 7 nitrogen and oxygen atoms in total. The molecule has 10 heteroatoms. The average Bonchev–Trinajstić information content (AvgIpc) is 3.02. The van der Waals surface area contributed by atoms with E-state index in [1.54, 1.807) is 30.3 Å². The van der Waals surface area contributed by atoms with Crippen LogP contribution in [0.25, 0.3) is 0 Å². The van der Waals surface area contributed by atoms with Gasteiger partial charge in [0.15, 0.2) is 0 Å².